The van der Waals surface area contributed by atoms with Gasteiger partial charge in [-0.15, -0.1) is 0 Å². The molecule has 0 bridgehead atoms. The minimum absolute atomic E-state index is 0.112. The summed E-state index contributed by atoms with van der Waals surface area (Å²) in [6.07, 6.45) is 6.21. The Balaban J connectivity index is 2.18. The van der Waals surface area contributed by atoms with Crippen LogP contribution in [0.5, 0.6) is 0 Å². The molecule has 1 aliphatic heterocycles. The maximum atomic E-state index is 11.5. The highest BCUT2D eigenvalue weighted by Crippen LogP contribution is 2.43. The van der Waals surface area contributed by atoms with Crippen molar-refractivity contribution in [3.05, 3.63) is 0 Å². The van der Waals surface area contributed by atoms with Crippen molar-refractivity contribution in [2.75, 3.05) is 0 Å². The lowest BCUT2D eigenvalue weighted by Gasteiger charge is -2.49. The van der Waals surface area contributed by atoms with Crippen molar-refractivity contribution >= 4 is 5.91 Å². The number of amides is 1. The van der Waals surface area contributed by atoms with E-state index < -0.39 is 0 Å². The third kappa shape index (κ3) is 2.65. The van der Waals surface area contributed by atoms with E-state index in [0.29, 0.717) is 12.0 Å². The van der Waals surface area contributed by atoms with Crippen molar-refractivity contribution in [3.8, 4) is 0 Å². The first kappa shape index (κ1) is 12.9. The fraction of sp³-hybridized carbons (Fsp3) is 0.929. The van der Waals surface area contributed by atoms with Crippen LogP contribution in [-0.2, 0) is 4.79 Å². The number of fused-ring (bicyclic) bond motifs is 1. The molecule has 1 unspecified atom stereocenters. The summed E-state index contributed by atoms with van der Waals surface area (Å²) in [5.41, 5.74) is 5.70. The number of nitrogens with two attached hydrogens (primary N) is 1. The maximum absolute atomic E-state index is 11.5. The molecule has 3 nitrogen and oxygen atoms in total. The fourth-order valence-corrected chi connectivity index (χ4v) is 3.77. The Bertz CT molecular complexity index is 295. The van der Waals surface area contributed by atoms with Crippen LogP contribution >= 0.6 is 0 Å². The van der Waals surface area contributed by atoms with Crippen LogP contribution < -0.4 is 11.1 Å². The Morgan fingerprint density at radius 2 is 1.88 bits per heavy atom. The second-order valence-electron chi connectivity index (χ2n) is 6.91. The molecular formula is C14H26N2O. The Hall–Kier alpha value is -0.570. The molecule has 2 aliphatic rings. The maximum Gasteiger partial charge on any atom is 0.234 e. The molecule has 0 aromatic heterocycles. The number of rotatable bonds is 1. The van der Waals surface area contributed by atoms with Gasteiger partial charge in [-0.05, 0) is 30.1 Å². The smallest absolute Gasteiger partial charge is 0.234 e. The number of hydrogen-bond acceptors (Lipinski definition) is 2. The predicted molar refractivity (Wildman–Crippen MR) is 69.4 cm³/mol. The van der Waals surface area contributed by atoms with Crippen LogP contribution in [0.15, 0.2) is 0 Å². The number of piperidine rings is 1. The van der Waals surface area contributed by atoms with Gasteiger partial charge < -0.3 is 11.1 Å². The normalized spacial score (nSPS) is 38.5. The van der Waals surface area contributed by atoms with Crippen molar-refractivity contribution in [1.29, 1.82) is 0 Å². The summed E-state index contributed by atoms with van der Waals surface area (Å²) in [4.78, 5) is 11.5. The average Bonchev–Trinajstić information content (AvgIpc) is 2.26. The van der Waals surface area contributed by atoms with E-state index in [0.717, 1.165) is 12.3 Å². The van der Waals surface area contributed by atoms with E-state index >= 15 is 0 Å². The van der Waals surface area contributed by atoms with Crippen LogP contribution in [0.25, 0.3) is 0 Å². The monoisotopic (exact) mass is 238 g/mol. The molecule has 4 atom stereocenters. The summed E-state index contributed by atoms with van der Waals surface area (Å²) in [5, 5.41) is 3.52. The lowest BCUT2D eigenvalue weighted by molar-refractivity contribution is -0.122. The summed E-state index contributed by atoms with van der Waals surface area (Å²) in [6.45, 7) is 6.79. The van der Waals surface area contributed by atoms with Gasteiger partial charge in [0.15, 0.2) is 0 Å². The molecule has 3 heteroatoms. The molecule has 0 spiro atoms. The van der Waals surface area contributed by atoms with Crippen LogP contribution in [-0.4, -0.2) is 18.0 Å². The molecule has 17 heavy (non-hydrogen) atoms. The molecule has 0 radical (unpaired) electrons. The molecule has 1 saturated heterocycles. The van der Waals surface area contributed by atoms with Crippen LogP contribution in [0.4, 0.5) is 0 Å². The van der Waals surface area contributed by atoms with Crippen molar-refractivity contribution in [2.24, 2.45) is 23.0 Å². The standard InChI is InChI=1S/C14H26N2O/c1-14(2,3)12-10-7-5-4-6-9(10)8-11(16-12)13(15)17/h9-12,16H,4-8H2,1-3H3,(H2,15,17)/t9-,10-,11-,12?/m0/s1. The number of carbonyl (C=O) groups excluding carboxylic acids is 1. The largest absolute Gasteiger partial charge is 0.368 e. The Labute approximate surface area is 105 Å². The van der Waals surface area contributed by atoms with Gasteiger partial charge in [0.05, 0.1) is 6.04 Å². The van der Waals surface area contributed by atoms with Gasteiger partial charge in [-0.1, -0.05) is 40.0 Å². The molecule has 1 aliphatic carbocycles. The molecule has 2 rings (SSSR count). The van der Waals surface area contributed by atoms with E-state index in [1.54, 1.807) is 0 Å². The zero-order valence-corrected chi connectivity index (χ0v) is 11.3. The van der Waals surface area contributed by atoms with Crippen molar-refractivity contribution in [1.82, 2.24) is 5.32 Å². The van der Waals surface area contributed by atoms with E-state index in [1.807, 2.05) is 0 Å². The topological polar surface area (TPSA) is 55.1 Å². The third-order valence-electron chi connectivity index (χ3n) is 4.59. The SMILES string of the molecule is CC(C)(C)C1N[C@H](C(N)=O)C[C@@H]2CCCC[C@H]12. The van der Waals surface area contributed by atoms with Gasteiger partial charge in [-0.3, -0.25) is 4.79 Å². The molecular weight excluding hydrogens is 212 g/mol. The number of hydrogen-bond donors (Lipinski definition) is 2. The molecule has 2 fully saturated rings. The molecule has 0 aromatic rings. The summed E-state index contributed by atoms with van der Waals surface area (Å²) < 4.78 is 0. The molecule has 1 heterocycles. The summed E-state index contributed by atoms with van der Waals surface area (Å²) in [7, 11) is 0. The van der Waals surface area contributed by atoms with Crippen molar-refractivity contribution in [2.45, 2.75) is 65.0 Å². The Morgan fingerprint density at radius 3 is 2.47 bits per heavy atom. The highest BCUT2D eigenvalue weighted by Gasteiger charge is 2.44. The highest BCUT2D eigenvalue weighted by atomic mass is 16.1. The predicted octanol–water partition coefficient (Wildman–Crippen LogP) is 2.05. The van der Waals surface area contributed by atoms with Gasteiger partial charge in [0.2, 0.25) is 5.91 Å². The first-order valence-corrected chi connectivity index (χ1v) is 6.95. The van der Waals surface area contributed by atoms with Crippen LogP contribution in [0.1, 0.15) is 52.9 Å². The number of nitrogens with one attached hydrogen (secondary N) is 1. The first-order valence-electron chi connectivity index (χ1n) is 6.95. The van der Waals surface area contributed by atoms with Crippen LogP contribution in [0, 0.1) is 17.3 Å². The van der Waals surface area contributed by atoms with Gasteiger partial charge in [0, 0.05) is 6.04 Å². The summed E-state index contributed by atoms with van der Waals surface area (Å²) in [5.74, 6) is 1.26. The van der Waals surface area contributed by atoms with Gasteiger partial charge in [0.1, 0.15) is 0 Å². The van der Waals surface area contributed by atoms with Crippen LogP contribution in [0.3, 0.4) is 0 Å². The molecule has 1 amide bonds. The molecule has 1 saturated carbocycles. The van der Waals surface area contributed by atoms with E-state index in [9.17, 15) is 4.79 Å². The second kappa shape index (κ2) is 4.60. The lowest BCUT2D eigenvalue weighted by Crippen LogP contribution is -2.60. The minimum Gasteiger partial charge on any atom is -0.368 e. The highest BCUT2D eigenvalue weighted by molar-refractivity contribution is 5.80. The zero-order chi connectivity index (χ0) is 12.6. The van der Waals surface area contributed by atoms with Crippen molar-refractivity contribution in [3.63, 3.8) is 0 Å². The van der Waals surface area contributed by atoms with E-state index in [4.69, 9.17) is 5.73 Å². The number of primary amides is 1. The quantitative estimate of drug-likeness (QED) is 0.734. The minimum atomic E-state index is -0.178. The Kier molecular flexibility index (Phi) is 3.48. The van der Waals surface area contributed by atoms with E-state index in [2.05, 4.69) is 26.1 Å². The van der Waals surface area contributed by atoms with E-state index in [-0.39, 0.29) is 17.4 Å². The molecule has 0 aromatic carbocycles. The molecule has 3 N–H and O–H groups in total. The number of carbonyl (C=O) groups is 1. The van der Waals surface area contributed by atoms with Gasteiger partial charge >= 0.3 is 0 Å². The zero-order valence-electron chi connectivity index (χ0n) is 11.3. The average molecular weight is 238 g/mol. The van der Waals surface area contributed by atoms with Gasteiger partial charge in [-0.25, -0.2) is 0 Å². The second-order valence-corrected chi connectivity index (χ2v) is 6.91. The third-order valence-corrected chi connectivity index (χ3v) is 4.59. The van der Waals surface area contributed by atoms with Crippen molar-refractivity contribution < 1.29 is 4.79 Å². The summed E-state index contributed by atoms with van der Waals surface area (Å²) in [6, 6.07) is 0.317. The van der Waals surface area contributed by atoms with Gasteiger partial charge in [0.25, 0.3) is 0 Å². The molecule has 98 valence electrons. The van der Waals surface area contributed by atoms with Gasteiger partial charge in [-0.2, -0.15) is 0 Å². The fourth-order valence-electron chi connectivity index (χ4n) is 3.77. The Morgan fingerprint density at radius 1 is 1.24 bits per heavy atom. The summed E-state index contributed by atoms with van der Waals surface area (Å²) >= 11 is 0. The lowest BCUT2D eigenvalue weighted by atomic mass is 9.64. The van der Waals surface area contributed by atoms with Crippen LogP contribution in [0.2, 0.25) is 0 Å². The first-order chi connectivity index (χ1) is 7.89. The van der Waals surface area contributed by atoms with E-state index in [1.165, 1.54) is 25.7 Å².